The van der Waals surface area contributed by atoms with Crippen LogP contribution in [0.4, 0.5) is 0 Å². The number of rotatable bonds is 6. The van der Waals surface area contributed by atoms with Crippen LogP contribution in [0.5, 0.6) is 0 Å². The molecule has 1 saturated heterocycles. The number of amides is 2. The summed E-state index contributed by atoms with van der Waals surface area (Å²) >= 11 is 0.967. The van der Waals surface area contributed by atoms with E-state index >= 15 is 0 Å². The lowest BCUT2D eigenvalue weighted by Crippen LogP contribution is -2.55. The van der Waals surface area contributed by atoms with E-state index in [0.29, 0.717) is 25.2 Å². The average Bonchev–Trinajstić information content (AvgIpc) is 2.41. The van der Waals surface area contributed by atoms with Crippen LogP contribution in [-0.4, -0.2) is 69.9 Å². The van der Waals surface area contributed by atoms with Crippen molar-refractivity contribution in [2.75, 3.05) is 31.9 Å². The molecule has 1 rings (SSSR count). The Morgan fingerprint density at radius 2 is 1.90 bits per heavy atom. The van der Waals surface area contributed by atoms with E-state index in [1.807, 2.05) is 6.92 Å². The molecule has 0 radical (unpaired) electrons. The number of β-amino-alcohol motifs (C(OH)–C–C–N with tert-alkyl or cyclic N) is 1. The van der Waals surface area contributed by atoms with Crippen LogP contribution >= 0.6 is 11.8 Å². The Hall–Kier alpha value is -1.34. The summed E-state index contributed by atoms with van der Waals surface area (Å²) in [5, 5.41) is 9.66. The maximum Gasteiger partial charge on any atom is 0.312 e. The zero-order valence-electron chi connectivity index (χ0n) is 11.8. The van der Waals surface area contributed by atoms with Crippen molar-refractivity contribution >= 4 is 28.7 Å². The zero-order valence-corrected chi connectivity index (χ0v) is 12.6. The first-order valence-electron chi connectivity index (χ1n) is 6.45. The van der Waals surface area contributed by atoms with Crippen LogP contribution in [0.3, 0.4) is 0 Å². The maximum absolute atomic E-state index is 11.8. The summed E-state index contributed by atoms with van der Waals surface area (Å²) < 4.78 is 0. The fraction of sp³-hybridized carbons (Fsp3) is 0.615. The van der Waals surface area contributed by atoms with Gasteiger partial charge in [0, 0.05) is 31.9 Å². The van der Waals surface area contributed by atoms with Gasteiger partial charge in [0.25, 0.3) is 0 Å². The van der Waals surface area contributed by atoms with Gasteiger partial charge in [-0.25, -0.2) is 0 Å². The van der Waals surface area contributed by atoms with Gasteiger partial charge in [-0.15, -0.1) is 0 Å². The summed E-state index contributed by atoms with van der Waals surface area (Å²) in [5.41, 5.74) is 0.421. The summed E-state index contributed by atoms with van der Waals surface area (Å²) in [7, 11) is 0. The van der Waals surface area contributed by atoms with Gasteiger partial charge in [-0.1, -0.05) is 18.3 Å². The molecule has 1 aliphatic rings. The number of aliphatic hydroxyl groups is 1. The number of thioether (sulfide) groups is 1. The molecule has 0 aliphatic carbocycles. The van der Waals surface area contributed by atoms with Gasteiger partial charge in [0.2, 0.25) is 5.12 Å². The molecule has 0 aromatic carbocycles. The number of hydrogen-bond acceptors (Lipinski definition) is 5. The molecule has 7 heteroatoms. The van der Waals surface area contributed by atoms with Crippen LogP contribution in [-0.2, 0) is 14.4 Å². The zero-order chi connectivity index (χ0) is 15.3. The molecule has 1 unspecified atom stereocenters. The highest BCUT2D eigenvalue weighted by atomic mass is 32.2. The number of nitrogens with zero attached hydrogens (tertiary/aromatic N) is 2. The molecule has 0 aromatic heterocycles. The predicted molar refractivity (Wildman–Crippen MR) is 77.1 cm³/mol. The molecule has 1 N–H and O–H groups in total. The van der Waals surface area contributed by atoms with Gasteiger partial charge in [0.15, 0.2) is 0 Å². The van der Waals surface area contributed by atoms with E-state index in [-0.39, 0.29) is 17.4 Å². The quantitative estimate of drug-likeness (QED) is 0.546. The summed E-state index contributed by atoms with van der Waals surface area (Å²) in [6.07, 6.45) is -0.840. The van der Waals surface area contributed by atoms with Crippen molar-refractivity contribution in [3.63, 3.8) is 0 Å². The standard InChI is InChI=1S/C13H20N2O4S/c1-4-14-5-6-15(12(18)11(14)17)7-10(16)8-20-13(19)9(2)3/h10,16H,2,4-8H2,1,3H3. The largest absolute Gasteiger partial charge is 0.390 e. The van der Waals surface area contributed by atoms with Crippen molar-refractivity contribution in [2.45, 2.75) is 20.0 Å². The molecule has 1 aliphatic heterocycles. The molecule has 1 heterocycles. The molecule has 0 saturated carbocycles. The first-order chi connectivity index (χ1) is 9.36. The molecule has 1 fully saturated rings. The molecule has 6 nitrogen and oxygen atoms in total. The first-order valence-corrected chi connectivity index (χ1v) is 7.44. The van der Waals surface area contributed by atoms with Crippen LogP contribution in [0, 0.1) is 0 Å². The lowest BCUT2D eigenvalue weighted by atomic mass is 10.2. The number of carbonyl (C=O) groups excluding carboxylic acids is 3. The maximum atomic E-state index is 11.8. The fourth-order valence-electron chi connectivity index (χ4n) is 1.79. The lowest BCUT2D eigenvalue weighted by molar-refractivity contribution is -0.156. The number of carbonyl (C=O) groups is 3. The number of likely N-dealkylation sites (N-methyl/N-ethyl adjacent to an activating group) is 1. The SMILES string of the molecule is C=C(C)C(=O)SCC(O)CN1CCN(CC)C(=O)C1=O. The average molecular weight is 300 g/mol. The first kappa shape index (κ1) is 16.7. The Morgan fingerprint density at radius 3 is 2.45 bits per heavy atom. The molecule has 112 valence electrons. The van der Waals surface area contributed by atoms with Gasteiger partial charge >= 0.3 is 11.8 Å². The molecule has 0 bridgehead atoms. The van der Waals surface area contributed by atoms with Gasteiger partial charge in [0.05, 0.1) is 6.10 Å². The van der Waals surface area contributed by atoms with Gasteiger partial charge in [-0.05, 0) is 19.4 Å². The molecule has 20 heavy (non-hydrogen) atoms. The monoisotopic (exact) mass is 300 g/mol. The van der Waals surface area contributed by atoms with E-state index in [0.717, 1.165) is 11.8 Å². The van der Waals surface area contributed by atoms with Gasteiger partial charge in [-0.3, -0.25) is 14.4 Å². The summed E-state index contributed by atoms with van der Waals surface area (Å²) in [5.74, 6) is -0.939. The minimum atomic E-state index is -0.840. The smallest absolute Gasteiger partial charge is 0.312 e. The highest BCUT2D eigenvalue weighted by Crippen LogP contribution is 2.12. The molecule has 1 atom stereocenters. The Labute approximate surface area is 122 Å². The second kappa shape index (κ2) is 7.44. The van der Waals surface area contributed by atoms with Crippen molar-refractivity contribution in [1.82, 2.24) is 9.80 Å². The predicted octanol–water partition coefficient (Wildman–Crippen LogP) is -0.126. The van der Waals surface area contributed by atoms with Gasteiger partial charge in [0.1, 0.15) is 0 Å². The molecule has 0 spiro atoms. The normalized spacial score (nSPS) is 17.4. The van der Waals surface area contributed by atoms with Crippen LogP contribution in [0.25, 0.3) is 0 Å². The van der Waals surface area contributed by atoms with Crippen LogP contribution in [0.2, 0.25) is 0 Å². The van der Waals surface area contributed by atoms with Crippen molar-refractivity contribution in [3.05, 3.63) is 12.2 Å². The van der Waals surface area contributed by atoms with E-state index < -0.39 is 17.9 Å². The summed E-state index contributed by atoms with van der Waals surface area (Å²) in [6.45, 7) is 8.40. The van der Waals surface area contributed by atoms with E-state index in [2.05, 4.69) is 6.58 Å². The minimum Gasteiger partial charge on any atom is -0.390 e. The van der Waals surface area contributed by atoms with Crippen LogP contribution < -0.4 is 0 Å². The second-order valence-corrected chi connectivity index (χ2v) is 5.66. The fourth-order valence-corrected chi connectivity index (χ4v) is 2.49. The molecule has 2 amide bonds. The Morgan fingerprint density at radius 1 is 1.35 bits per heavy atom. The summed E-state index contributed by atoms with van der Waals surface area (Å²) in [4.78, 5) is 37.7. The molecular formula is C13H20N2O4S. The van der Waals surface area contributed by atoms with Crippen molar-refractivity contribution < 1.29 is 19.5 Å². The number of piperazine rings is 1. The third kappa shape index (κ3) is 4.35. The third-order valence-electron chi connectivity index (χ3n) is 2.97. The molecule has 0 aromatic rings. The Kier molecular flexibility index (Phi) is 6.22. The number of hydrogen-bond donors (Lipinski definition) is 1. The highest BCUT2D eigenvalue weighted by molar-refractivity contribution is 8.14. The van der Waals surface area contributed by atoms with Crippen molar-refractivity contribution in [3.8, 4) is 0 Å². The lowest BCUT2D eigenvalue weighted by Gasteiger charge is -2.34. The van der Waals surface area contributed by atoms with Crippen molar-refractivity contribution in [1.29, 1.82) is 0 Å². The number of aliphatic hydroxyl groups excluding tert-OH is 1. The van der Waals surface area contributed by atoms with E-state index in [9.17, 15) is 19.5 Å². The third-order valence-corrected chi connectivity index (χ3v) is 4.13. The Bertz CT molecular complexity index is 425. The Balaban J connectivity index is 2.44. The van der Waals surface area contributed by atoms with E-state index in [4.69, 9.17) is 0 Å². The topological polar surface area (TPSA) is 77.9 Å². The van der Waals surface area contributed by atoms with Crippen LogP contribution in [0.15, 0.2) is 12.2 Å². The van der Waals surface area contributed by atoms with E-state index in [1.165, 1.54) is 9.80 Å². The van der Waals surface area contributed by atoms with Gasteiger partial charge < -0.3 is 14.9 Å². The summed E-state index contributed by atoms with van der Waals surface area (Å²) in [6, 6.07) is 0. The minimum absolute atomic E-state index is 0.0681. The highest BCUT2D eigenvalue weighted by Gasteiger charge is 2.32. The molecular weight excluding hydrogens is 280 g/mol. The van der Waals surface area contributed by atoms with Gasteiger partial charge in [-0.2, -0.15) is 0 Å². The second-order valence-electron chi connectivity index (χ2n) is 4.67. The van der Waals surface area contributed by atoms with Crippen molar-refractivity contribution in [2.24, 2.45) is 0 Å². The van der Waals surface area contributed by atoms with E-state index in [1.54, 1.807) is 6.92 Å². The van der Waals surface area contributed by atoms with Crippen LogP contribution in [0.1, 0.15) is 13.8 Å².